The van der Waals surface area contributed by atoms with Crippen LogP contribution in [-0.4, -0.2) is 6.11 Å². The van der Waals surface area contributed by atoms with Crippen molar-refractivity contribution in [3.05, 3.63) is 64.7 Å². The predicted molar refractivity (Wildman–Crippen MR) is 166 cm³/mol. The van der Waals surface area contributed by atoms with Crippen LogP contribution in [-0.2, 0) is 6.42 Å². The standard InChI is InChI=1S/C38H50F6O/c1-2-3-4-5-25-6-11-27(12-7-25)28-14-16-29(17-15-28)31-19-18-30(34(39)22-31)13-8-26-9-20-32(21-10-26)38(43,44)45-33-23-35(40)37(42)36(41)24-33/h18-19,22-29,32H,2-17,20-21H2,1H3. The molecule has 3 fully saturated rings. The maximum absolute atomic E-state index is 15.2. The second-order valence-corrected chi connectivity index (χ2v) is 14.4. The van der Waals surface area contributed by atoms with Gasteiger partial charge in [0, 0.05) is 12.1 Å². The molecule has 0 spiro atoms. The van der Waals surface area contributed by atoms with Crippen LogP contribution in [0.2, 0.25) is 0 Å². The highest BCUT2D eigenvalue weighted by atomic mass is 19.3. The Hall–Kier alpha value is -2.18. The summed E-state index contributed by atoms with van der Waals surface area (Å²) in [5, 5.41) is 0. The molecule has 0 radical (unpaired) electrons. The molecule has 0 atom stereocenters. The molecule has 0 N–H and O–H groups in total. The molecule has 2 aromatic rings. The minimum Gasteiger partial charge on any atom is -0.432 e. The topological polar surface area (TPSA) is 9.23 Å². The number of aryl methyl sites for hydroxylation is 1. The van der Waals surface area contributed by atoms with Crippen LogP contribution in [0.4, 0.5) is 26.3 Å². The Morgan fingerprint density at radius 2 is 1.24 bits per heavy atom. The summed E-state index contributed by atoms with van der Waals surface area (Å²) in [6, 6.07) is 6.62. The van der Waals surface area contributed by atoms with Crippen molar-refractivity contribution in [2.75, 3.05) is 0 Å². The lowest BCUT2D eigenvalue weighted by atomic mass is 9.68. The first-order valence-electron chi connectivity index (χ1n) is 17.6. The first-order valence-corrected chi connectivity index (χ1v) is 17.6. The SMILES string of the molecule is CCCCCC1CCC(C2CCC(c3ccc(CCC4CCC(C(F)(F)Oc5cc(F)c(F)c(F)c5)CC4)c(F)c3)CC2)CC1. The second-order valence-electron chi connectivity index (χ2n) is 14.4. The first kappa shape index (κ1) is 34.2. The van der Waals surface area contributed by atoms with E-state index < -0.39 is 35.2 Å². The Morgan fingerprint density at radius 3 is 1.84 bits per heavy atom. The van der Waals surface area contributed by atoms with E-state index in [1.54, 1.807) is 6.07 Å². The highest BCUT2D eigenvalue weighted by molar-refractivity contribution is 5.28. The molecule has 5 rings (SSSR count). The highest BCUT2D eigenvalue weighted by Crippen LogP contribution is 2.45. The fourth-order valence-corrected chi connectivity index (χ4v) is 8.55. The summed E-state index contributed by atoms with van der Waals surface area (Å²) in [6.07, 6.45) is 15.0. The molecule has 0 amide bonds. The molecule has 250 valence electrons. The number of alkyl halides is 2. The molecule has 0 bridgehead atoms. The number of hydrogen-bond donors (Lipinski definition) is 0. The Balaban J connectivity index is 1.03. The molecule has 0 saturated heterocycles. The fourth-order valence-electron chi connectivity index (χ4n) is 8.55. The van der Waals surface area contributed by atoms with Gasteiger partial charge in [0.25, 0.3) is 0 Å². The Bertz CT molecular complexity index is 1200. The van der Waals surface area contributed by atoms with Crippen molar-refractivity contribution in [1.82, 2.24) is 0 Å². The van der Waals surface area contributed by atoms with Gasteiger partial charge in [-0.3, -0.25) is 0 Å². The van der Waals surface area contributed by atoms with Crippen molar-refractivity contribution in [3.8, 4) is 5.75 Å². The van der Waals surface area contributed by atoms with Gasteiger partial charge >= 0.3 is 6.11 Å². The van der Waals surface area contributed by atoms with Crippen LogP contribution in [0.15, 0.2) is 30.3 Å². The molecule has 3 aliphatic rings. The number of ether oxygens (including phenoxy) is 1. The Kier molecular flexibility index (Phi) is 11.8. The number of hydrogen-bond acceptors (Lipinski definition) is 1. The van der Waals surface area contributed by atoms with Crippen LogP contribution in [0, 0.1) is 52.9 Å². The maximum Gasteiger partial charge on any atom is 0.400 e. The molecular weight excluding hydrogens is 586 g/mol. The van der Waals surface area contributed by atoms with Crippen molar-refractivity contribution in [1.29, 1.82) is 0 Å². The zero-order chi connectivity index (χ0) is 32.0. The van der Waals surface area contributed by atoms with Gasteiger partial charge in [-0.25, -0.2) is 17.6 Å². The van der Waals surface area contributed by atoms with Crippen LogP contribution in [0.1, 0.15) is 133 Å². The van der Waals surface area contributed by atoms with E-state index in [-0.39, 0.29) is 24.6 Å². The van der Waals surface area contributed by atoms with Gasteiger partial charge in [0.1, 0.15) is 11.6 Å². The molecular formula is C38H50F6O. The number of benzene rings is 2. The third-order valence-corrected chi connectivity index (χ3v) is 11.4. The lowest BCUT2D eigenvalue weighted by Crippen LogP contribution is -2.37. The minimum absolute atomic E-state index is 0.164. The zero-order valence-corrected chi connectivity index (χ0v) is 26.8. The van der Waals surface area contributed by atoms with Gasteiger partial charge in [-0.15, -0.1) is 0 Å². The van der Waals surface area contributed by atoms with E-state index >= 15 is 4.39 Å². The van der Waals surface area contributed by atoms with Gasteiger partial charge in [0.15, 0.2) is 17.5 Å². The summed E-state index contributed by atoms with van der Waals surface area (Å²) < 4.78 is 89.3. The molecule has 0 aromatic heterocycles. The monoisotopic (exact) mass is 636 g/mol. The van der Waals surface area contributed by atoms with Gasteiger partial charge in [-0.2, -0.15) is 8.78 Å². The normalized spacial score (nSPS) is 27.8. The summed E-state index contributed by atoms with van der Waals surface area (Å²) in [7, 11) is 0. The molecule has 2 aromatic carbocycles. The second kappa shape index (κ2) is 15.6. The Labute approximate surface area is 265 Å². The lowest BCUT2D eigenvalue weighted by molar-refractivity contribution is -0.223. The van der Waals surface area contributed by atoms with E-state index in [4.69, 9.17) is 0 Å². The van der Waals surface area contributed by atoms with Crippen LogP contribution in [0.5, 0.6) is 5.75 Å². The van der Waals surface area contributed by atoms with Gasteiger partial charge in [-0.1, -0.05) is 57.6 Å². The lowest BCUT2D eigenvalue weighted by Gasteiger charge is -2.38. The van der Waals surface area contributed by atoms with Gasteiger partial charge in [0.05, 0.1) is 5.92 Å². The van der Waals surface area contributed by atoms with E-state index in [2.05, 4.69) is 17.7 Å². The fraction of sp³-hybridized carbons (Fsp3) is 0.684. The van der Waals surface area contributed by atoms with Crippen molar-refractivity contribution in [3.63, 3.8) is 0 Å². The van der Waals surface area contributed by atoms with E-state index in [9.17, 15) is 22.0 Å². The molecule has 0 unspecified atom stereocenters. The molecule has 0 aliphatic heterocycles. The summed E-state index contributed by atoms with van der Waals surface area (Å²) in [4.78, 5) is 0. The summed E-state index contributed by atoms with van der Waals surface area (Å²) >= 11 is 0. The predicted octanol–water partition coefficient (Wildman–Crippen LogP) is 12.3. The molecule has 3 saturated carbocycles. The highest BCUT2D eigenvalue weighted by Gasteiger charge is 2.44. The largest absolute Gasteiger partial charge is 0.432 e. The number of halogens is 6. The van der Waals surface area contributed by atoms with E-state index in [0.717, 1.165) is 42.6 Å². The Morgan fingerprint density at radius 1 is 0.667 bits per heavy atom. The van der Waals surface area contributed by atoms with Gasteiger partial charge in [0.2, 0.25) is 0 Å². The first-order chi connectivity index (χ1) is 21.6. The van der Waals surface area contributed by atoms with Crippen molar-refractivity contribution < 1.29 is 31.1 Å². The van der Waals surface area contributed by atoms with Crippen LogP contribution in [0.25, 0.3) is 0 Å². The van der Waals surface area contributed by atoms with Crippen molar-refractivity contribution in [2.45, 2.75) is 135 Å². The molecule has 45 heavy (non-hydrogen) atoms. The van der Waals surface area contributed by atoms with Crippen molar-refractivity contribution in [2.24, 2.45) is 29.6 Å². The van der Waals surface area contributed by atoms with Crippen LogP contribution in [0.3, 0.4) is 0 Å². The third kappa shape index (κ3) is 9.00. The number of unbranched alkanes of at least 4 members (excludes halogenated alkanes) is 2. The quantitative estimate of drug-likeness (QED) is 0.128. The zero-order valence-electron chi connectivity index (χ0n) is 26.8. The summed E-state index contributed by atoms with van der Waals surface area (Å²) in [5.41, 5.74) is 1.79. The van der Waals surface area contributed by atoms with Gasteiger partial charge < -0.3 is 4.74 Å². The third-order valence-electron chi connectivity index (χ3n) is 11.4. The number of rotatable bonds is 12. The van der Waals surface area contributed by atoms with E-state index in [1.165, 1.54) is 64.2 Å². The molecule has 0 heterocycles. The molecule has 7 heteroatoms. The molecule has 1 nitrogen and oxygen atoms in total. The van der Waals surface area contributed by atoms with E-state index in [0.29, 0.717) is 42.9 Å². The average Bonchev–Trinajstić information content (AvgIpc) is 3.03. The molecule has 3 aliphatic carbocycles. The van der Waals surface area contributed by atoms with Crippen LogP contribution < -0.4 is 4.74 Å². The van der Waals surface area contributed by atoms with Crippen molar-refractivity contribution >= 4 is 0 Å². The smallest absolute Gasteiger partial charge is 0.400 e. The summed E-state index contributed by atoms with van der Waals surface area (Å²) in [6.45, 7) is 2.27. The van der Waals surface area contributed by atoms with Crippen LogP contribution >= 0.6 is 0 Å². The van der Waals surface area contributed by atoms with E-state index in [1.807, 2.05) is 6.07 Å². The summed E-state index contributed by atoms with van der Waals surface area (Å²) in [5.74, 6) is -3.60. The maximum atomic E-state index is 15.2. The average molecular weight is 637 g/mol. The van der Waals surface area contributed by atoms with Gasteiger partial charge in [-0.05, 0) is 124 Å². The minimum atomic E-state index is -3.63.